The Hall–Kier alpha value is -3.66. The molecule has 0 atom stereocenters. The van der Waals surface area contributed by atoms with Crippen molar-refractivity contribution in [3.8, 4) is 0 Å². The van der Waals surface area contributed by atoms with Crippen LogP contribution in [0.15, 0.2) is 127 Å². The zero-order valence-corrected chi connectivity index (χ0v) is 25.4. The van der Waals surface area contributed by atoms with E-state index < -0.39 is 35.1 Å². The van der Waals surface area contributed by atoms with Crippen molar-refractivity contribution in [3.05, 3.63) is 177 Å². The molecule has 5 rings (SSSR count). The maximum absolute atomic E-state index is 12.1. The molecule has 0 spiro atoms. The van der Waals surface area contributed by atoms with Crippen molar-refractivity contribution >= 4 is 34.8 Å². The lowest BCUT2D eigenvalue weighted by Gasteiger charge is -2.10. The van der Waals surface area contributed by atoms with Crippen LogP contribution in [0.3, 0.4) is 0 Å². The molecule has 0 heterocycles. The quantitative estimate of drug-likeness (QED) is 0.140. The van der Waals surface area contributed by atoms with E-state index in [0.29, 0.717) is 27.2 Å². The summed E-state index contributed by atoms with van der Waals surface area (Å²) in [4.78, 5) is 0. The molecule has 0 radical (unpaired) electrons. The Labute approximate surface area is 277 Å². The number of hydrogen-bond donors (Lipinski definition) is 0. The minimum atomic E-state index is -4.75. The zero-order valence-electron chi connectivity index (χ0n) is 23.2. The van der Waals surface area contributed by atoms with Crippen molar-refractivity contribution in [2.24, 2.45) is 0 Å². The first-order chi connectivity index (χ1) is 21.0. The van der Waals surface area contributed by atoms with Crippen LogP contribution >= 0.6 is 34.8 Å². The van der Waals surface area contributed by atoms with Gasteiger partial charge in [-0.3, -0.25) is 0 Å². The molecule has 0 saturated heterocycles. The fraction of sp³-hybridized carbons (Fsp3) is 0.118. The van der Waals surface area contributed by atoms with Gasteiger partial charge >= 0.3 is 12.4 Å². The number of alkyl halides is 6. The first-order valence-electron chi connectivity index (χ1n) is 12.5. The number of aryl methyl sites for hydroxylation is 1. The Bertz CT molecular complexity index is 1370. The first kappa shape index (κ1) is 42.3. The second kappa shape index (κ2) is 21.2. The van der Waals surface area contributed by atoms with E-state index in [4.69, 9.17) is 34.8 Å². The molecular weight excluding hydrogens is 686 g/mol. The molecule has 0 N–H and O–H groups in total. The molecule has 0 aromatic heterocycles. The van der Waals surface area contributed by atoms with Crippen molar-refractivity contribution in [3.63, 3.8) is 0 Å². The Kier molecular flexibility index (Phi) is 19.5. The van der Waals surface area contributed by atoms with E-state index in [9.17, 15) is 39.5 Å². The molecule has 248 valence electrons. The molecule has 0 unspecified atom stereocenters. The van der Waals surface area contributed by atoms with Gasteiger partial charge in [0, 0.05) is 21.1 Å². The van der Waals surface area contributed by atoms with Crippen LogP contribution < -0.4 is 0 Å². The molecule has 0 bridgehead atoms. The Balaban J connectivity index is 0.000000562. The SMILES string of the molecule is C.Cc1ccccc1.Clc1cccc(Cl)c1.FC(F)(F)c1cccc(C(F)(F)F)c1.Fc1cccc(Cl)c1.Fc1cccc(F)c1. The number of benzene rings is 5. The summed E-state index contributed by atoms with van der Waals surface area (Å²) in [5.41, 5.74) is -1.28. The van der Waals surface area contributed by atoms with E-state index in [1.165, 1.54) is 35.9 Å². The van der Waals surface area contributed by atoms with Gasteiger partial charge in [-0.15, -0.1) is 0 Å². The molecule has 0 aliphatic rings. The lowest BCUT2D eigenvalue weighted by atomic mass is 10.1. The van der Waals surface area contributed by atoms with E-state index in [2.05, 4.69) is 19.1 Å². The molecular formula is C34H28Cl3F9. The third-order valence-electron chi connectivity index (χ3n) is 4.82. The summed E-state index contributed by atoms with van der Waals surface area (Å²) < 4.78 is 108. The van der Waals surface area contributed by atoms with Crippen LogP contribution in [0.4, 0.5) is 39.5 Å². The van der Waals surface area contributed by atoms with E-state index in [0.717, 1.165) is 12.1 Å². The molecule has 0 aliphatic carbocycles. The lowest BCUT2D eigenvalue weighted by molar-refractivity contribution is -0.143. The van der Waals surface area contributed by atoms with Crippen molar-refractivity contribution in [1.82, 2.24) is 0 Å². The predicted molar refractivity (Wildman–Crippen MR) is 169 cm³/mol. The second-order valence-corrected chi connectivity index (χ2v) is 9.86. The summed E-state index contributed by atoms with van der Waals surface area (Å²) in [6, 6.07) is 29.7. The van der Waals surface area contributed by atoms with Gasteiger partial charge in [0.25, 0.3) is 0 Å². The molecule has 46 heavy (non-hydrogen) atoms. The number of hydrogen-bond acceptors (Lipinski definition) is 0. The number of halogens is 12. The van der Waals surface area contributed by atoms with Gasteiger partial charge < -0.3 is 0 Å². The summed E-state index contributed by atoms with van der Waals surface area (Å²) in [5.74, 6) is -1.37. The Morgan fingerprint density at radius 3 is 1.00 bits per heavy atom. The highest BCUT2D eigenvalue weighted by Gasteiger charge is 2.35. The molecule has 0 saturated carbocycles. The Morgan fingerprint density at radius 1 is 0.413 bits per heavy atom. The maximum Gasteiger partial charge on any atom is 0.416 e. The maximum atomic E-state index is 12.1. The third kappa shape index (κ3) is 19.7. The van der Waals surface area contributed by atoms with E-state index in [-0.39, 0.29) is 19.3 Å². The van der Waals surface area contributed by atoms with Crippen molar-refractivity contribution < 1.29 is 39.5 Å². The van der Waals surface area contributed by atoms with Crippen molar-refractivity contribution in [1.29, 1.82) is 0 Å². The lowest BCUT2D eigenvalue weighted by Crippen LogP contribution is -2.09. The standard InChI is InChI=1S/C8H4F6.C7H8.C6H4Cl2.C6H4ClF.C6H4F2.CH4/c9-7(10,11)5-2-1-3-6(4-5)8(12,13)14;1-7-5-3-2-4-6-7;3*7-5-2-1-3-6(8)4-5;/h1-4H;2-6H,1H3;3*1-4H;1H4. The van der Waals surface area contributed by atoms with Crippen LogP contribution in [0, 0.1) is 24.4 Å². The molecule has 5 aromatic carbocycles. The minimum Gasteiger partial charge on any atom is -0.207 e. The number of rotatable bonds is 0. The van der Waals surface area contributed by atoms with Crippen LogP contribution in [-0.2, 0) is 12.4 Å². The monoisotopic (exact) mass is 712 g/mol. The normalized spacial score (nSPS) is 10.1. The largest absolute Gasteiger partial charge is 0.416 e. The van der Waals surface area contributed by atoms with Gasteiger partial charge in [-0.2, -0.15) is 26.3 Å². The van der Waals surface area contributed by atoms with E-state index >= 15 is 0 Å². The molecule has 0 amide bonds. The van der Waals surface area contributed by atoms with Crippen LogP contribution in [0.5, 0.6) is 0 Å². The Morgan fingerprint density at radius 2 is 0.761 bits per heavy atom. The molecule has 0 fully saturated rings. The molecule has 0 nitrogen and oxygen atoms in total. The summed E-state index contributed by atoms with van der Waals surface area (Å²) >= 11 is 16.5. The fourth-order valence-electron chi connectivity index (χ4n) is 2.79. The summed E-state index contributed by atoms with van der Waals surface area (Å²) in [6.07, 6.45) is -9.50. The average Bonchev–Trinajstić information content (AvgIpc) is 2.94. The van der Waals surface area contributed by atoms with Crippen LogP contribution in [-0.4, -0.2) is 0 Å². The highest BCUT2D eigenvalue weighted by atomic mass is 35.5. The summed E-state index contributed by atoms with van der Waals surface area (Å²) in [7, 11) is 0. The van der Waals surface area contributed by atoms with Crippen LogP contribution in [0.1, 0.15) is 24.1 Å². The molecule has 0 aliphatic heterocycles. The van der Waals surface area contributed by atoms with Crippen LogP contribution in [0.2, 0.25) is 15.1 Å². The van der Waals surface area contributed by atoms with Gasteiger partial charge in [0.1, 0.15) is 17.5 Å². The van der Waals surface area contributed by atoms with Gasteiger partial charge in [-0.25, -0.2) is 13.2 Å². The molecule has 5 aromatic rings. The predicted octanol–water partition coefficient (Wildman–Crippen LogP) is 13.8. The summed E-state index contributed by atoms with van der Waals surface area (Å²) in [5, 5.41) is 1.79. The van der Waals surface area contributed by atoms with Gasteiger partial charge in [-0.1, -0.05) is 102 Å². The van der Waals surface area contributed by atoms with E-state index in [1.54, 1.807) is 30.3 Å². The smallest absolute Gasteiger partial charge is 0.207 e. The highest BCUT2D eigenvalue weighted by molar-refractivity contribution is 6.34. The van der Waals surface area contributed by atoms with Gasteiger partial charge in [0.15, 0.2) is 0 Å². The van der Waals surface area contributed by atoms with Crippen LogP contribution in [0.25, 0.3) is 0 Å². The third-order valence-corrected chi connectivity index (χ3v) is 5.52. The van der Waals surface area contributed by atoms with Gasteiger partial charge in [-0.05, 0) is 73.7 Å². The highest BCUT2D eigenvalue weighted by Crippen LogP contribution is 2.34. The fourth-order valence-corrected chi connectivity index (χ4v) is 3.40. The first-order valence-corrected chi connectivity index (χ1v) is 13.6. The van der Waals surface area contributed by atoms with Crippen molar-refractivity contribution in [2.75, 3.05) is 0 Å². The van der Waals surface area contributed by atoms with E-state index in [1.807, 2.05) is 24.3 Å². The van der Waals surface area contributed by atoms with Gasteiger partial charge in [0.05, 0.1) is 11.1 Å². The van der Waals surface area contributed by atoms with Gasteiger partial charge in [0.2, 0.25) is 0 Å². The topological polar surface area (TPSA) is 0 Å². The minimum absolute atomic E-state index is 0. The second-order valence-electron chi connectivity index (χ2n) is 8.55. The van der Waals surface area contributed by atoms with Crippen molar-refractivity contribution in [2.45, 2.75) is 26.7 Å². The average molecular weight is 714 g/mol. The zero-order chi connectivity index (χ0) is 34.0. The summed E-state index contributed by atoms with van der Waals surface area (Å²) in [6.45, 7) is 2.08. The molecule has 12 heteroatoms.